The Bertz CT molecular complexity index is 410. The third kappa shape index (κ3) is 3.84. The highest BCUT2D eigenvalue weighted by atomic mass is 32.2. The summed E-state index contributed by atoms with van der Waals surface area (Å²) < 4.78 is 5.03. The number of para-hydroxylation sites is 1. The number of ether oxygens (including phenoxy) is 1. The van der Waals surface area contributed by atoms with E-state index in [0.29, 0.717) is 23.5 Å². The molecule has 1 aromatic rings. The molecule has 18 heavy (non-hydrogen) atoms. The molecule has 1 aromatic carbocycles. The lowest BCUT2D eigenvalue weighted by atomic mass is 10.1. The molecule has 0 fully saturated rings. The van der Waals surface area contributed by atoms with Crippen LogP contribution in [0.1, 0.15) is 24.2 Å². The normalized spacial score (nSPS) is 11.9. The molecule has 5 heteroatoms. The van der Waals surface area contributed by atoms with Crippen LogP contribution in [0.15, 0.2) is 18.2 Å². The van der Waals surface area contributed by atoms with Crippen molar-refractivity contribution in [1.82, 2.24) is 0 Å². The SMILES string of the molecule is CCOC(=O)c1cccc(N)c1NC(C)CSC. The number of carbonyl (C=O) groups is 1. The summed E-state index contributed by atoms with van der Waals surface area (Å²) in [4.78, 5) is 11.8. The number of nitrogen functional groups attached to an aromatic ring is 1. The largest absolute Gasteiger partial charge is 0.462 e. The number of hydrogen-bond acceptors (Lipinski definition) is 5. The molecule has 0 spiro atoms. The monoisotopic (exact) mass is 268 g/mol. The van der Waals surface area contributed by atoms with Gasteiger partial charge >= 0.3 is 5.97 Å². The van der Waals surface area contributed by atoms with E-state index in [-0.39, 0.29) is 12.0 Å². The topological polar surface area (TPSA) is 64.3 Å². The van der Waals surface area contributed by atoms with Crippen molar-refractivity contribution in [1.29, 1.82) is 0 Å². The standard InChI is InChI=1S/C13H20N2O2S/c1-4-17-13(16)10-6-5-7-11(14)12(10)15-9(2)8-18-3/h5-7,9,15H,4,8,14H2,1-3H3. The van der Waals surface area contributed by atoms with Crippen LogP contribution in [0.5, 0.6) is 0 Å². The van der Waals surface area contributed by atoms with Crippen molar-refractivity contribution in [2.45, 2.75) is 19.9 Å². The highest BCUT2D eigenvalue weighted by Crippen LogP contribution is 2.25. The number of hydrogen-bond donors (Lipinski definition) is 2. The van der Waals surface area contributed by atoms with Gasteiger partial charge in [-0.25, -0.2) is 4.79 Å². The summed E-state index contributed by atoms with van der Waals surface area (Å²) in [7, 11) is 0. The van der Waals surface area contributed by atoms with Crippen molar-refractivity contribution in [2.75, 3.05) is 29.7 Å². The van der Waals surface area contributed by atoms with Gasteiger partial charge in [0.05, 0.1) is 23.5 Å². The molecule has 4 nitrogen and oxygen atoms in total. The molecular weight excluding hydrogens is 248 g/mol. The predicted molar refractivity (Wildman–Crippen MR) is 78.3 cm³/mol. The third-order valence-corrected chi connectivity index (χ3v) is 3.23. The number of nitrogens with two attached hydrogens (primary N) is 1. The van der Waals surface area contributed by atoms with Crippen LogP contribution in [0, 0.1) is 0 Å². The van der Waals surface area contributed by atoms with Gasteiger partial charge in [0.25, 0.3) is 0 Å². The number of rotatable bonds is 6. The molecule has 0 amide bonds. The fourth-order valence-electron chi connectivity index (χ4n) is 1.65. The molecule has 1 rings (SSSR count). The molecule has 0 radical (unpaired) electrons. The number of carbonyl (C=O) groups excluding carboxylic acids is 1. The summed E-state index contributed by atoms with van der Waals surface area (Å²) in [5.74, 6) is 0.597. The third-order valence-electron chi connectivity index (χ3n) is 2.40. The molecule has 100 valence electrons. The molecule has 1 atom stereocenters. The van der Waals surface area contributed by atoms with Crippen molar-refractivity contribution in [3.05, 3.63) is 23.8 Å². The van der Waals surface area contributed by atoms with E-state index in [4.69, 9.17) is 10.5 Å². The Morgan fingerprint density at radius 1 is 1.56 bits per heavy atom. The smallest absolute Gasteiger partial charge is 0.340 e. The number of esters is 1. The van der Waals surface area contributed by atoms with Crippen LogP contribution in [-0.2, 0) is 4.74 Å². The summed E-state index contributed by atoms with van der Waals surface area (Å²) in [6.45, 7) is 4.19. The molecule has 0 heterocycles. The molecule has 1 unspecified atom stereocenters. The minimum absolute atomic E-state index is 0.234. The van der Waals surface area contributed by atoms with Crippen LogP contribution >= 0.6 is 11.8 Å². The van der Waals surface area contributed by atoms with E-state index in [9.17, 15) is 4.79 Å². The van der Waals surface area contributed by atoms with Crippen molar-refractivity contribution >= 4 is 29.1 Å². The van der Waals surface area contributed by atoms with Crippen molar-refractivity contribution in [2.24, 2.45) is 0 Å². The van der Waals surface area contributed by atoms with Crippen LogP contribution in [0.4, 0.5) is 11.4 Å². The second-order valence-electron chi connectivity index (χ2n) is 3.99. The first-order valence-electron chi connectivity index (χ1n) is 5.91. The Balaban J connectivity index is 2.97. The summed E-state index contributed by atoms with van der Waals surface area (Å²) in [6, 6.07) is 5.49. The molecule has 0 bridgehead atoms. The highest BCUT2D eigenvalue weighted by Gasteiger charge is 2.16. The Hall–Kier alpha value is -1.36. The van der Waals surface area contributed by atoms with Gasteiger partial charge in [-0.1, -0.05) is 6.07 Å². The Kier molecular flexibility index (Phi) is 5.85. The Morgan fingerprint density at radius 2 is 2.28 bits per heavy atom. The summed E-state index contributed by atoms with van der Waals surface area (Å²) in [6.07, 6.45) is 2.04. The van der Waals surface area contributed by atoms with Crippen molar-refractivity contribution in [3.63, 3.8) is 0 Å². The van der Waals surface area contributed by atoms with E-state index in [1.165, 1.54) is 0 Å². The Morgan fingerprint density at radius 3 is 2.89 bits per heavy atom. The number of anilines is 2. The van der Waals surface area contributed by atoms with Gasteiger partial charge in [-0.3, -0.25) is 0 Å². The average molecular weight is 268 g/mol. The fourth-order valence-corrected chi connectivity index (χ4v) is 2.23. The lowest BCUT2D eigenvalue weighted by molar-refractivity contribution is 0.0527. The van der Waals surface area contributed by atoms with Crippen molar-refractivity contribution in [3.8, 4) is 0 Å². The van der Waals surface area contributed by atoms with Crippen LogP contribution in [0.25, 0.3) is 0 Å². The van der Waals surface area contributed by atoms with Crippen LogP contribution in [-0.4, -0.2) is 30.6 Å². The van der Waals surface area contributed by atoms with E-state index in [2.05, 4.69) is 12.2 Å². The van der Waals surface area contributed by atoms with Gasteiger partial charge in [-0.05, 0) is 32.2 Å². The molecular formula is C13H20N2O2S. The molecule has 0 aliphatic rings. The zero-order chi connectivity index (χ0) is 13.5. The zero-order valence-corrected chi connectivity index (χ0v) is 11.8. The van der Waals surface area contributed by atoms with E-state index in [0.717, 1.165) is 5.75 Å². The number of thioether (sulfide) groups is 1. The summed E-state index contributed by atoms with van der Waals surface area (Å²) in [5.41, 5.74) is 7.64. The minimum Gasteiger partial charge on any atom is -0.462 e. The number of benzene rings is 1. The fraction of sp³-hybridized carbons (Fsp3) is 0.462. The van der Waals surface area contributed by atoms with Crippen molar-refractivity contribution < 1.29 is 9.53 Å². The quantitative estimate of drug-likeness (QED) is 0.613. The zero-order valence-electron chi connectivity index (χ0n) is 11.0. The molecule has 0 saturated heterocycles. The average Bonchev–Trinajstić information content (AvgIpc) is 2.32. The second kappa shape index (κ2) is 7.16. The van der Waals surface area contributed by atoms with E-state index < -0.39 is 0 Å². The first-order valence-corrected chi connectivity index (χ1v) is 7.30. The minimum atomic E-state index is -0.344. The lowest BCUT2D eigenvalue weighted by Crippen LogP contribution is -2.21. The Labute approximate surface area is 112 Å². The van der Waals surface area contributed by atoms with Crippen LogP contribution in [0.3, 0.4) is 0 Å². The van der Waals surface area contributed by atoms with Gasteiger partial charge in [-0.2, -0.15) is 11.8 Å². The highest BCUT2D eigenvalue weighted by molar-refractivity contribution is 7.98. The summed E-state index contributed by atoms with van der Waals surface area (Å²) >= 11 is 1.74. The maximum Gasteiger partial charge on any atom is 0.340 e. The van der Waals surface area contributed by atoms with E-state index >= 15 is 0 Å². The molecule has 0 aliphatic heterocycles. The van der Waals surface area contributed by atoms with E-state index in [1.54, 1.807) is 36.9 Å². The van der Waals surface area contributed by atoms with E-state index in [1.807, 2.05) is 6.26 Å². The maximum atomic E-state index is 11.8. The predicted octanol–water partition coefficient (Wildman–Crippen LogP) is 2.61. The molecule has 0 saturated carbocycles. The summed E-state index contributed by atoms with van der Waals surface area (Å²) in [5, 5.41) is 3.27. The second-order valence-corrected chi connectivity index (χ2v) is 4.90. The van der Waals surface area contributed by atoms with Gasteiger partial charge in [0.15, 0.2) is 0 Å². The molecule has 3 N–H and O–H groups in total. The first-order chi connectivity index (χ1) is 8.60. The van der Waals surface area contributed by atoms with Gasteiger partial charge in [-0.15, -0.1) is 0 Å². The van der Waals surface area contributed by atoms with Crippen LogP contribution in [0.2, 0.25) is 0 Å². The van der Waals surface area contributed by atoms with Crippen LogP contribution < -0.4 is 11.1 Å². The first kappa shape index (κ1) is 14.7. The van der Waals surface area contributed by atoms with Gasteiger partial charge < -0.3 is 15.8 Å². The van der Waals surface area contributed by atoms with Gasteiger partial charge in [0.1, 0.15) is 0 Å². The lowest BCUT2D eigenvalue weighted by Gasteiger charge is -2.18. The molecule has 0 aliphatic carbocycles. The maximum absolute atomic E-state index is 11.8. The van der Waals surface area contributed by atoms with Gasteiger partial charge in [0.2, 0.25) is 0 Å². The number of nitrogens with one attached hydrogen (secondary N) is 1. The molecule has 0 aromatic heterocycles. The van der Waals surface area contributed by atoms with Gasteiger partial charge in [0, 0.05) is 11.8 Å².